The van der Waals surface area contributed by atoms with Crippen LogP contribution in [0.25, 0.3) is 0 Å². The lowest BCUT2D eigenvalue weighted by Gasteiger charge is -2.31. The quantitative estimate of drug-likeness (QED) is 0.577. The lowest BCUT2D eigenvalue weighted by molar-refractivity contribution is -0.144. The number of carboxylic acids is 1. The highest BCUT2D eigenvalue weighted by atomic mass is 32.2. The van der Waals surface area contributed by atoms with Crippen LogP contribution in [0.5, 0.6) is 0 Å². The Kier molecular flexibility index (Phi) is 7.65. The van der Waals surface area contributed by atoms with Crippen LogP contribution in [0.1, 0.15) is 25.3 Å². The van der Waals surface area contributed by atoms with Crippen LogP contribution in [0.4, 0.5) is 0 Å². The lowest BCUT2D eigenvalue weighted by Crippen LogP contribution is -2.51. The number of nitrogens with one attached hydrogen (secondary N) is 1. The molecule has 1 unspecified atom stereocenters. The largest absolute Gasteiger partial charge is 0.480 e. The van der Waals surface area contributed by atoms with Crippen molar-refractivity contribution in [3.8, 4) is 0 Å². The number of thioether (sulfide) groups is 1. The van der Waals surface area contributed by atoms with Gasteiger partial charge in [-0.25, -0.2) is 4.79 Å². The van der Waals surface area contributed by atoms with Crippen molar-refractivity contribution in [3.63, 3.8) is 0 Å². The molecule has 1 aromatic rings. The summed E-state index contributed by atoms with van der Waals surface area (Å²) in [6.07, 6.45) is 1.56. The number of benzene rings is 1. The Morgan fingerprint density at radius 1 is 1.35 bits per heavy atom. The van der Waals surface area contributed by atoms with Crippen molar-refractivity contribution in [2.24, 2.45) is 0 Å². The first-order chi connectivity index (χ1) is 9.67. The minimum absolute atomic E-state index is 0.140. The van der Waals surface area contributed by atoms with E-state index in [1.165, 1.54) is 0 Å². The molecule has 0 aliphatic carbocycles. The smallest absolute Gasteiger partial charge is 0.329 e. The molecule has 0 saturated heterocycles. The third kappa shape index (κ3) is 4.51. The first-order valence-corrected chi connectivity index (χ1v) is 8.05. The Balaban J connectivity index is 2.92. The van der Waals surface area contributed by atoms with Gasteiger partial charge in [0.15, 0.2) is 5.54 Å². The maximum atomic E-state index is 11.9. The molecule has 3 N–H and O–H groups in total. The average molecular weight is 297 g/mol. The Bertz CT molecular complexity index is 399. The molecule has 1 aromatic carbocycles. The van der Waals surface area contributed by atoms with E-state index < -0.39 is 11.5 Å². The van der Waals surface area contributed by atoms with Crippen molar-refractivity contribution in [1.29, 1.82) is 0 Å². The van der Waals surface area contributed by atoms with E-state index in [4.69, 9.17) is 5.11 Å². The molecule has 20 heavy (non-hydrogen) atoms. The van der Waals surface area contributed by atoms with Gasteiger partial charge in [0, 0.05) is 12.4 Å². The fourth-order valence-corrected chi connectivity index (χ4v) is 3.13. The number of hydrogen-bond acceptors (Lipinski definition) is 4. The standard InChI is InChI=1S/C15H23NO3S/c1-2-9-16-15(14(18)19,12-20-11-6-10-17)13-7-4-3-5-8-13/h3-5,7-8,16-17H,2,6,9-12H2,1H3,(H,18,19). The van der Waals surface area contributed by atoms with Crippen molar-refractivity contribution in [1.82, 2.24) is 5.32 Å². The number of carboxylic acid groups (broad SMARTS) is 1. The molecular weight excluding hydrogens is 274 g/mol. The van der Waals surface area contributed by atoms with Crippen molar-refractivity contribution < 1.29 is 15.0 Å². The number of aliphatic hydroxyl groups is 1. The van der Waals surface area contributed by atoms with Gasteiger partial charge < -0.3 is 10.2 Å². The van der Waals surface area contributed by atoms with Crippen molar-refractivity contribution in [2.45, 2.75) is 25.3 Å². The number of aliphatic hydroxyl groups excluding tert-OH is 1. The van der Waals surface area contributed by atoms with Gasteiger partial charge >= 0.3 is 5.97 Å². The fourth-order valence-electron chi connectivity index (χ4n) is 1.95. The van der Waals surface area contributed by atoms with Gasteiger partial charge in [-0.1, -0.05) is 37.3 Å². The summed E-state index contributed by atoms with van der Waals surface area (Å²) in [5.74, 6) is 0.354. The second kappa shape index (κ2) is 9.00. The average Bonchev–Trinajstić information content (AvgIpc) is 2.47. The van der Waals surface area contributed by atoms with E-state index in [2.05, 4.69) is 5.32 Å². The molecule has 0 saturated carbocycles. The van der Waals surface area contributed by atoms with Gasteiger partial charge in [-0.2, -0.15) is 11.8 Å². The molecule has 0 aliphatic rings. The zero-order valence-corrected chi connectivity index (χ0v) is 12.7. The highest BCUT2D eigenvalue weighted by Crippen LogP contribution is 2.27. The molecule has 0 radical (unpaired) electrons. The van der Waals surface area contributed by atoms with Crippen LogP contribution in [0.3, 0.4) is 0 Å². The second-order valence-corrected chi connectivity index (χ2v) is 5.74. The predicted octanol–water partition coefficient (Wildman–Crippen LogP) is 2.08. The zero-order chi connectivity index (χ0) is 14.8. The van der Waals surface area contributed by atoms with Gasteiger partial charge in [0.25, 0.3) is 0 Å². The van der Waals surface area contributed by atoms with Gasteiger partial charge in [-0.3, -0.25) is 5.32 Å². The summed E-state index contributed by atoms with van der Waals surface area (Å²) in [4.78, 5) is 11.9. The Morgan fingerprint density at radius 2 is 2.05 bits per heavy atom. The fraction of sp³-hybridized carbons (Fsp3) is 0.533. The summed E-state index contributed by atoms with van der Waals surface area (Å²) in [5, 5.41) is 21.7. The highest BCUT2D eigenvalue weighted by molar-refractivity contribution is 7.99. The number of hydrogen-bond donors (Lipinski definition) is 3. The van der Waals surface area contributed by atoms with Crippen LogP contribution < -0.4 is 5.32 Å². The van der Waals surface area contributed by atoms with Crippen molar-refractivity contribution in [2.75, 3.05) is 24.7 Å². The molecule has 5 heteroatoms. The third-order valence-electron chi connectivity index (χ3n) is 3.07. The molecule has 0 amide bonds. The number of carbonyl (C=O) groups is 1. The first kappa shape index (κ1) is 17.0. The maximum Gasteiger partial charge on any atom is 0.329 e. The number of aliphatic carboxylic acids is 1. The molecule has 0 heterocycles. The van der Waals surface area contributed by atoms with Crippen LogP contribution in [0.15, 0.2) is 30.3 Å². The van der Waals surface area contributed by atoms with E-state index in [9.17, 15) is 9.90 Å². The summed E-state index contributed by atoms with van der Waals surface area (Å²) >= 11 is 1.56. The van der Waals surface area contributed by atoms with E-state index in [1.807, 2.05) is 37.3 Å². The molecule has 0 fully saturated rings. The third-order valence-corrected chi connectivity index (χ3v) is 4.29. The molecule has 0 aromatic heterocycles. The summed E-state index contributed by atoms with van der Waals surface area (Å²) in [6.45, 7) is 2.81. The molecular formula is C15H23NO3S. The summed E-state index contributed by atoms with van der Waals surface area (Å²) < 4.78 is 0. The second-order valence-electron chi connectivity index (χ2n) is 4.63. The summed E-state index contributed by atoms with van der Waals surface area (Å²) in [6, 6.07) is 9.31. The number of rotatable bonds is 10. The van der Waals surface area contributed by atoms with Gasteiger partial charge in [-0.05, 0) is 30.7 Å². The van der Waals surface area contributed by atoms with Crippen LogP contribution in [0, 0.1) is 0 Å². The van der Waals surface area contributed by atoms with Gasteiger partial charge in [-0.15, -0.1) is 0 Å². The summed E-state index contributed by atoms with van der Waals surface area (Å²) in [5.41, 5.74) is -0.283. The molecule has 0 aliphatic heterocycles. The zero-order valence-electron chi connectivity index (χ0n) is 11.8. The minimum atomic E-state index is -1.06. The molecule has 112 valence electrons. The minimum Gasteiger partial charge on any atom is -0.480 e. The van der Waals surface area contributed by atoms with E-state index in [0.29, 0.717) is 18.7 Å². The molecule has 1 rings (SSSR count). The van der Waals surface area contributed by atoms with E-state index in [0.717, 1.165) is 17.7 Å². The highest BCUT2D eigenvalue weighted by Gasteiger charge is 2.39. The summed E-state index contributed by atoms with van der Waals surface area (Å²) in [7, 11) is 0. The van der Waals surface area contributed by atoms with E-state index >= 15 is 0 Å². The van der Waals surface area contributed by atoms with Gasteiger partial charge in [0.05, 0.1) is 0 Å². The molecule has 0 bridgehead atoms. The van der Waals surface area contributed by atoms with Crippen LogP contribution >= 0.6 is 11.8 Å². The predicted molar refractivity (Wildman–Crippen MR) is 83.1 cm³/mol. The van der Waals surface area contributed by atoms with Crippen LogP contribution in [-0.2, 0) is 10.3 Å². The monoisotopic (exact) mass is 297 g/mol. The lowest BCUT2D eigenvalue weighted by atomic mass is 9.91. The Hall–Kier alpha value is -1.04. The van der Waals surface area contributed by atoms with E-state index in [-0.39, 0.29) is 6.61 Å². The molecule has 4 nitrogen and oxygen atoms in total. The maximum absolute atomic E-state index is 11.9. The molecule has 0 spiro atoms. The topological polar surface area (TPSA) is 69.6 Å². The van der Waals surface area contributed by atoms with E-state index in [1.54, 1.807) is 11.8 Å². The van der Waals surface area contributed by atoms with Gasteiger partial charge in [0.2, 0.25) is 0 Å². The molecule has 1 atom stereocenters. The Morgan fingerprint density at radius 3 is 2.60 bits per heavy atom. The normalized spacial score (nSPS) is 13.9. The van der Waals surface area contributed by atoms with Crippen LogP contribution in [0.2, 0.25) is 0 Å². The van der Waals surface area contributed by atoms with Crippen molar-refractivity contribution >= 4 is 17.7 Å². The van der Waals surface area contributed by atoms with Gasteiger partial charge in [0.1, 0.15) is 0 Å². The van der Waals surface area contributed by atoms with Crippen LogP contribution in [-0.4, -0.2) is 40.8 Å². The van der Waals surface area contributed by atoms with Crippen molar-refractivity contribution in [3.05, 3.63) is 35.9 Å². The first-order valence-electron chi connectivity index (χ1n) is 6.90. The SMILES string of the molecule is CCCNC(CSCCCO)(C(=O)O)c1ccccc1. The Labute approximate surface area is 124 Å².